The molecule has 2 heterocycles. The number of fused-ring (bicyclic) bond motifs is 1. The summed E-state index contributed by atoms with van der Waals surface area (Å²) in [7, 11) is 2.77. The Kier molecular flexibility index (Phi) is 5.76. The molecule has 0 aliphatic rings. The number of nitrogens with one attached hydrogen (secondary N) is 2. The van der Waals surface area contributed by atoms with Gasteiger partial charge in [-0.1, -0.05) is 18.2 Å². The van der Waals surface area contributed by atoms with Crippen molar-refractivity contribution in [3.8, 4) is 0 Å². The summed E-state index contributed by atoms with van der Waals surface area (Å²) in [6.45, 7) is -1.04. The van der Waals surface area contributed by atoms with E-state index in [1.54, 1.807) is 30.3 Å². The standard InChI is InChI=1S/C18H18N6O6/c1-22-15-14(17(28)23(2)18(22)29)24(10-19-15)8-13(26)30-9-12(25)20-21-16(27)11-6-4-3-5-7-11/h3-7,10H,8-9H2,1-2H3,(H,20,25)(H,21,27). The zero-order valence-corrected chi connectivity index (χ0v) is 16.1. The van der Waals surface area contributed by atoms with Crippen molar-refractivity contribution >= 4 is 28.9 Å². The van der Waals surface area contributed by atoms with Gasteiger partial charge in [-0.05, 0) is 12.1 Å². The molecular weight excluding hydrogens is 396 g/mol. The van der Waals surface area contributed by atoms with Gasteiger partial charge in [0.2, 0.25) is 0 Å². The first-order valence-corrected chi connectivity index (χ1v) is 8.70. The lowest BCUT2D eigenvalue weighted by molar-refractivity contribution is -0.149. The number of amides is 2. The van der Waals surface area contributed by atoms with Crippen molar-refractivity contribution in [2.24, 2.45) is 14.1 Å². The highest BCUT2D eigenvalue weighted by Crippen LogP contribution is 2.05. The van der Waals surface area contributed by atoms with Crippen molar-refractivity contribution in [3.63, 3.8) is 0 Å². The summed E-state index contributed by atoms with van der Waals surface area (Å²) >= 11 is 0. The van der Waals surface area contributed by atoms with Gasteiger partial charge in [-0.3, -0.25) is 39.2 Å². The molecule has 2 N–H and O–H groups in total. The second kappa shape index (κ2) is 8.43. The maximum atomic E-state index is 12.3. The van der Waals surface area contributed by atoms with E-state index in [4.69, 9.17) is 4.74 Å². The molecule has 0 fully saturated rings. The quantitative estimate of drug-likeness (QED) is 0.379. The molecule has 0 bridgehead atoms. The number of nitrogens with zero attached hydrogens (tertiary/aromatic N) is 4. The Morgan fingerprint density at radius 3 is 2.43 bits per heavy atom. The molecule has 12 nitrogen and oxygen atoms in total. The van der Waals surface area contributed by atoms with E-state index in [1.165, 1.54) is 29.6 Å². The number of hydrogen-bond donors (Lipinski definition) is 2. The Morgan fingerprint density at radius 2 is 1.73 bits per heavy atom. The molecule has 2 amide bonds. The van der Waals surface area contributed by atoms with E-state index >= 15 is 0 Å². The number of ether oxygens (including phenoxy) is 1. The Morgan fingerprint density at radius 1 is 1.03 bits per heavy atom. The molecule has 0 aliphatic heterocycles. The van der Waals surface area contributed by atoms with Gasteiger partial charge in [0.15, 0.2) is 17.8 Å². The molecule has 30 heavy (non-hydrogen) atoms. The average Bonchev–Trinajstić information content (AvgIpc) is 3.17. The van der Waals surface area contributed by atoms with Crippen LogP contribution in [-0.2, 0) is 35.0 Å². The highest BCUT2D eigenvalue weighted by molar-refractivity contribution is 5.95. The molecule has 0 spiro atoms. The van der Waals surface area contributed by atoms with Crippen molar-refractivity contribution in [2.45, 2.75) is 6.54 Å². The van der Waals surface area contributed by atoms with Crippen LogP contribution in [0.4, 0.5) is 0 Å². The van der Waals surface area contributed by atoms with Gasteiger partial charge in [0.25, 0.3) is 17.4 Å². The number of carbonyl (C=O) groups excluding carboxylic acids is 3. The van der Waals surface area contributed by atoms with Gasteiger partial charge >= 0.3 is 11.7 Å². The Labute approximate surface area is 168 Å². The SMILES string of the molecule is Cn1c(=O)c2c(ncn2CC(=O)OCC(=O)NNC(=O)c2ccccc2)n(C)c1=O. The van der Waals surface area contributed by atoms with Crippen LogP contribution in [0.2, 0.25) is 0 Å². The second-order valence-corrected chi connectivity index (χ2v) is 6.28. The van der Waals surface area contributed by atoms with Gasteiger partial charge < -0.3 is 9.30 Å². The monoisotopic (exact) mass is 414 g/mol. The average molecular weight is 414 g/mol. The number of aromatic nitrogens is 4. The highest BCUT2D eigenvalue weighted by atomic mass is 16.5. The normalized spacial score (nSPS) is 10.6. The van der Waals surface area contributed by atoms with Gasteiger partial charge in [-0.2, -0.15) is 0 Å². The Bertz CT molecular complexity index is 1240. The lowest BCUT2D eigenvalue weighted by atomic mass is 10.2. The molecule has 0 aliphatic carbocycles. The van der Waals surface area contributed by atoms with Crippen LogP contribution in [0.1, 0.15) is 10.4 Å². The third-order valence-electron chi connectivity index (χ3n) is 4.23. The third kappa shape index (κ3) is 4.11. The highest BCUT2D eigenvalue weighted by Gasteiger charge is 2.17. The minimum absolute atomic E-state index is 0.0520. The van der Waals surface area contributed by atoms with E-state index in [0.29, 0.717) is 5.56 Å². The molecule has 0 atom stereocenters. The predicted molar refractivity (Wildman–Crippen MR) is 103 cm³/mol. The smallest absolute Gasteiger partial charge is 0.332 e. The minimum atomic E-state index is -0.810. The number of hydrazine groups is 1. The van der Waals surface area contributed by atoms with Crippen molar-refractivity contribution in [1.82, 2.24) is 29.5 Å². The first kappa shape index (κ1) is 20.5. The van der Waals surface area contributed by atoms with Gasteiger partial charge in [0.1, 0.15) is 6.54 Å². The topological polar surface area (TPSA) is 146 Å². The van der Waals surface area contributed by atoms with E-state index < -0.39 is 42.2 Å². The molecule has 2 aromatic heterocycles. The maximum absolute atomic E-state index is 12.3. The number of imidazole rings is 1. The number of aryl methyl sites for hydroxylation is 1. The number of carbonyl (C=O) groups is 3. The number of benzene rings is 1. The lowest BCUT2D eigenvalue weighted by Crippen LogP contribution is -2.43. The molecule has 0 saturated heterocycles. The first-order valence-electron chi connectivity index (χ1n) is 8.70. The number of rotatable bonds is 5. The van der Waals surface area contributed by atoms with E-state index in [9.17, 15) is 24.0 Å². The zero-order valence-electron chi connectivity index (χ0n) is 16.1. The van der Waals surface area contributed by atoms with E-state index in [1.807, 2.05) is 0 Å². The van der Waals surface area contributed by atoms with Crippen molar-refractivity contribution in [3.05, 3.63) is 63.1 Å². The number of hydrogen-bond acceptors (Lipinski definition) is 7. The lowest BCUT2D eigenvalue weighted by Gasteiger charge is -2.09. The van der Waals surface area contributed by atoms with Gasteiger partial charge in [-0.25, -0.2) is 9.78 Å². The molecule has 156 valence electrons. The molecule has 3 aromatic rings. The first-order chi connectivity index (χ1) is 14.3. The summed E-state index contributed by atoms with van der Waals surface area (Å²) in [5.41, 5.74) is 3.69. The summed E-state index contributed by atoms with van der Waals surface area (Å²) in [4.78, 5) is 63.9. The molecule has 12 heteroatoms. The zero-order chi connectivity index (χ0) is 21.8. The molecule has 0 saturated carbocycles. The van der Waals surface area contributed by atoms with E-state index in [-0.39, 0.29) is 11.2 Å². The Hall–Kier alpha value is -4.22. The molecule has 0 radical (unpaired) electrons. The van der Waals surface area contributed by atoms with E-state index in [2.05, 4.69) is 15.8 Å². The van der Waals surface area contributed by atoms with Crippen LogP contribution >= 0.6 is 0 Å². The summed E-state index contributed by atoms with van der Waals surface area (Å²) < 4.78 is 8.17. The summed E-state index contributed by atoms with van der Waals surface area (Å²) in [6, 6.07) is 8.22. The Balaban J connectivity index is 1.57. The molecule has 3 rings (SSSR count). The maximum Gasteiger partial charge on any atom is 0.332 e. The van der Waals surface area contributed by atoms with Crippen LogP contribution < -0.4 is 22.1 Å². The molecule has 1 aromatic carbocycles. The van der Waals surface area contributed by atoms with Crippen LogP contribution in [0.5, 0.6) is 0 Å². The van der Waals surface area contributed by atoms with Gasteiger partial charge in [0, 0.05) is 19.7 Å². The van der Waals surface area contributed by atoms with Crippen LogP contribution in [0.3, 0.4) is 0 Å². The number of esters is 1. The van der Waals surface area contributed by atoms with E-state index in [0.717, 1.165) is 4.57 Å². The second-order valence-electron chi connectivity index (χ2n) is 6.28. The fraction of sp³-hybridized carbons (Fsp3) is 0.222. The van der Waals surface area contributed by atoms with Crippen LogP contribution in [0, 0.1) is 0 Å². The predicted octanol–water partition coefficient (Wildman–Crippen LogP) is -1.56. The van der Waals surface area contributed by atoms with Crippen molar-refractivity contribution in [1.29, 1.82) is 0 Å². The van der Waals surface area contributed by atoms with Crippen molar-refractivity contribution in [2.75, 3.05) is 6.61 Å². The minimum Gasteiger partial charge on any atom is -0.454 e. The van der Waals surface area contributed by atoms with Gasteiger partial charge in [-0.15, -0.1) is 0 Å². The van der Waals surface area contributed by atoms with Crippen LogP contribution in [0.25, 0.3) is 11.2 Å². The fourth-order valence-corrected chi connectivity index (χ4v) is 2.67. The van der Waals surface area contributed by atoms with Gasteiger partial charge in [0.05, 0.1) is 6.33 Å². The summed E-state index contributed by atoms with van der Waals surface area (Å²) in [6.07, 6.45) is 1.23. The largest absolute Gasteiger partial charge is 0.454 e. The fourth-order valence-electron chi connectivity index (χ4n) is 2.67. The molecular formula is C18H18N6O6. The summed E-state index contributed by atoms with van der Waals surface area (Å²) in [5, 5.41) is 0. The van der Waals surface area contributed by atoms with Crippen LogP contribution in [-0.4, -0.2) is 43.1 Å². The third-order valence-corrected chi connectivity index (χ3v) is 4.23. The van der Waals surface area contributed by atoms with Crippen LogP contribution in [0.15, 0.2) is 46.2 Å². The molecule has 0 unspecified atom stereocenters. The summed E-state index contributed by atoms with van der Waals surface area (Å²) in [5.74, 6) is -2.09. The van der Waals surface area contributed by atoms with Crippen molar-refractivity contribution < 1.29 is 19.1 Å².